The van der Waals surface area contributed by atoms with E-state index in [1.54, 1.807) is 0 Å². The van der Waals surface area contributed by atoms with Crippen LogP contribution in [0.5, 0.6) is 0 Å². The Labute approximate surface area is 105 Å². The lowest BCUT2D eigenvalue weighted by Gasteiger charge is -2.34. The zero-order valence-corrected chi connectivity index (χ0v) is 10.3. The van der Waals surface area contributed by atoms with Gasteiger partial charge in [0.15, 0.2) is 0 Å². The summed E-state index contributed by atoms with van der Waals surface area (Å²) in [5, 5.41) is 17.8. The molecule has 0 unspecified atom stereocenters. The number of nitrogens with zero attached hydrogens (tertiary/aromatic N) is 2. The SMILES string of the molecule is CCOC1CC(CC(=O)Nc2[nH]ncc2C#N)C1. The molecule has 1 heterocycles. The first kappa shape index (κ1) is 12.6. The molecule has 1 amide bonds. The summed E-state index contributed by atoms with van der Waals surface area (Å²) in [5.74, 6) is 0.675. The van der Waals surface area contributed by atoms with Gasteiger partial charge in [-0.1, -0.05) is 0 Å². The summed E-state index contributed by atoms with van der Waals surface area (Å²) in [6.45, 7) is 2.70. The minimum absolute atomic E-state index is 0.0873. The first-order valence-electron chi connectivity index (χ1n) is 6.07. The van der Waals surface area contributed by atoms with Crippen LogP contribution in [0.25, 0.3) is 0 Å². The molecule has 2 N–H and O–H groups in total. The molecule has 2 rings (SSSR count). The Kier molecular flexibility index (Phi) is 3.95. The van der Waals surface area contributed by atoms with Gasteiger partial charge in [0, 0.05) is 13.0 Å². The van der Waals surface area contributed by atoms with E-state index in [0.717, 1.165) is 19.4 Å². The smallest absolute Gasteiger partial charge is 0.225 e. The highest BCUT2D eigenvalue weighted by Gasteiger charge is 2.31. The quantitative estimate of drug-likeness (QED) is 0.824. The third-order valence-corrected chi connectivity index (χ3v) is 3.09. The van der Waals surface area contributed by atoms with Gasteiger partial charge in [0.25, 0.3) is 0 Å². The average molecular weight is 248 g/mol. The number of carbonyl (C=O) groups excluding carboxylic acids is 1. The summed E-state index contributed by atoms with van der Waals surface area (Å²) in [6, 6.07) is 1.96. The molecular weight excluding hydrogens is 232 g/mol. The predicted molar refractivity (Wildman–Crippen MR) is 64.7 cm³/mol. The third kappa shape index (κ3) is 2.87. The number of nitriles is 1. The van der Waals surface area contributed by atoms with Gasteiger partial charge in [-0.3, -0.25) is 9.89 Å². The van der Waals surface area contributed by atoms with Crippen molar-refractivity contribution in [3.63, 3.8) is 0 Å². The Balaban J connectivity index is 1.76. The molecule has 0 aromatic carbocycles. The van der Waals surface area contributed by atoms with Crippen molar-refractivity contribution in [3.8, 4) is 6.07 Å². The maximum Gasteiger partial charge on any atom is 0.225 e. The van der Waals surface area contributed by atoms with E-state index in [-0.39, 0.29) is 5.91 Å². The molecular formula is C12H16N4O2. The van der Waals surface area contributed by atoms with Crippen LogP contribution in [0.3, 0.4) is 0 Å². The lowest BCUT2D eigenvalue weighted by atomic mass is 9.80. The second-order valence-corrected chi connectivity index (χ2v) is 4.44. The minimum Gasteiger partial charge on any atom is -0.378 e. The fourth-order valence-electron chi connectivity index (χ4n) is 2.13. The number of hydrogen-bond acceptors (Lipinski definition) is 4. The molecule has 0 atom stereocenters. The maximum absolute atomic E-state index is 11.7. The molecule has 1 aromatic rings. The molecule has 0 radical (unpaired) electrons. The van der Waals surface area contributed by atoms with Crippen molar-refractivity contribution in [1.29, 1.82) is 5.26 Å². The highest BCUT2D eigenvalue weighted by atomic mass is 16.5. The number of aromatic amines is 1. The van der Waals surface area contributed by atoms with Gasteiger partial charge >= 0.3 is 0 Å². The first-order valence-corrected chi connectivity index (χ1v) is 6.07. The zero-order chi connectivity index (χ0) is 13.0. The van der Waals surface area contributed by atoms with Gasteiger partial charge in [-0.15, -0.1) is 0 Å². The van der Waals surface area contributed by atoms with Gasteiger partial charge in [-0.05, 0) is 25.7 Å². The number of anilines is 1. The molecule has 6 nitrogen and oxygen atoms in total. The maximum atomic E-state index is 11.7. The van der Waals surface area contributed by atoms with E-state index in [2.05, 4.69) is 15.5 Å². The van der Waals surface area contributed by atoms with Crippen molar-refractivity contribution in [1.82, 2.24) is 10.2 Å². The molecule has 0 spiro atoms. The van der Waals surface area contributed by atoms with Crippen LogP contribution in [-0.2, 0) is 9.53 Å². The summed E-state index contributed by atoms with van der Waals surface area (Å²) in [7, 11) is 0. The number of aromatic nitrogens is 2. The van der Waals surface area contributed by atoms with Crippen LogP contribution in [0.15, 0.2) is 6.20 Å². The molecule has 6 heteroatoms. The van der Waals surface area contributed by atoms with Crippen molar-refractivity contribution in [2.24, 2.45) is 5.92 Å². The fourth-order valence-corrected chi connectivity index (χ4v) is 2.13. The second kappa shape index (κ2) is 5.65. The van der Waals surface area contributed by atoms with E-state index in [4.69, 9.17) is 10.00 Å². The van der Waals surface area contributed by atoms with E-state index >= 15 is 0 Å². The van der Waals surface area contributed by atoms with Gasteiger partial charge < -0.3 is 10.1 Å². The van der Waals surface area contributed by atoms with Gasteiger partial charge in [-0.25, -0.2) is 0 Å². The molecule has 1 aromatic heterocycles. The topological polar surface area (TPSA) is 90.8 Å². The largest absolute Gasteiger partial charge is 0.378 e. The van der Waals surface area contributed by atoms with E-state index in [0.29, 0.717) is 29.8 Å². The summed E-state index contributed by atoms with van der Waals surface area (Å²) < 4.78 is 5.44. The number of H-pyrrole nitrogens is 1. The Morgan fingerprint density at radius 1 is 1.72 bits per heavy atom. The van der Waals surface area contributed by atoms with E-state index in [1.807, 2.05) is 13.0 Å². The Bertz CT molecular complexity index is 457. The molecule has 1 fully saturated rings. The lowest BCUT2D eigenvalue weighted by Crippen LogP contribution is -2.34. The van der Waals surface area contributed by atoms with Crippen LogP contribution in [-0.4, -0.2) is 28.8 Å². The summed E-state index contributed by atoms with van der Waals surface area (Å²) >= 11 is 0. The number of ether oxygens (including phenoxy) is 1. The molecule has 0 bridgehead atoms. The van der Waals surface area contributed by atoms with Crippen molar-refractivity contribution in [3.05, 3.63) is 11.8 Å². The van der Waals surface area contributed by atoms with E-state index < -0.39 is 0 Å². The van der Waals surface area contributed by atoms with Crippen LogP contribution >= 0.6 is 0 Å². The van der Waals surface area contributed by atoms with Crippen LogP contribution < -0.4 is 5.32 Å². The van der Waals surface area contributed by atoms with Gasteiger partial charge in [0.1, 0.15) is 17.5 Å². The van der Waals surface area contributed by atoms with Gasteiger partial charge in [0.05, 0.1) is 12.3 Å². The number of nitrogens with one attached hydrogen (secondary N) is 2. The highest BCUT2D eigenvalue weighted by Crippen LogP contribution is 2.32. The normalized spacial score (nSPS) is 22.0. The lowest BCUT2D eigenvalue weighted by molar-refractivity contribution is -0.119. The Hall–Kier alpha value is -1.87. The predicted octanol–water partition coefficient (Wildman–Crippen LogP) is 1.43. The number of hydrogen-bond donors (Lipinski definition) is 2. The van der Waals surface area contributed by atoms with Crippen LogP contribution in [0, 0.1) is 17.2 Å². The second-order valence-electron chi connectivity index (χ2n) is 4.44. The molecule has 96 valence electrons. The molecule has 1 aliphatic carbocycles. The van der Waals surface area contributed by atoms with E-state index in [1.165, 1.54) is 6.20 Å². The van der Waals surface area contributed by atoms with Gasteiger partial charge in [-0.2, -0.15) is 10.4 Å². The monoisotopic (exact) mass is 248 g/mol. The van der Waals surface area contributed by atoms with Crippen LogP contribution in [0.4, 0.5) is 5.82 Å². The fraction of sp³-hybridized carbons (Fsp3) is 0.583. The number of amides is 1. The molecule has 18 heavy (non-hydrogen) atoms. The van der Waals surface area contributed by atoms with E-state index in [9.17, 15) is 4.79 Å². The van der Waals surface area contributed by atoms with Gasteiger partial charge in [0.2, 0.25) is 5.91 Å². The van der Waals surface area contributed by atoms with Crippen molar-refractivity contribution < 1.29 is 9.53 Å². The van der Waals surface area contributed by atoms with Crippen molar-refractivity contribution in [2.45, 2.75) is 32.3 Å². The molecule has 0 aliphatic heterocycles. The number of carbonyl (C=O) groups is 1. The third-order valence-electron chi connectivity index (χ3n) is 3.09. The van der Waals surface area contributed by atoms with Crippen LogP contribution in [0.2, 0.25) is 0 Å². The Morgan fingerprint density at radius 2 is 2.50 bits per heavy atom. The van der Waals surface area contributed by atoms with Crippen LogP contribution in [0.1, 0.15) is 31.7 Å². The molecule has 1 aliphatic rings. The molecule has 1 saturated carbocycles. The van der Waals surface area contributed by atoms with Crippen molar-refractivity contribution >= 4 is 11.7 Å². The first-order chi connectivity index (χ1) is 8.72. The summed E-state index contributed by atoms with van der Waals surface area (Å²) in [4.78, 5) is 11.7. The summed E-state index contributed by atoms with van der Waals surface area (Å²) in [6.07, 6.45) is 4.05. The zero-order valence-electron chi connectivity index (χ0n) is 10.3. The Morgan fingerprint density at radius 3 is 3.17 bits per heavy atom. The summed E-state index contributed by atoms with van der Waals surface area (Å²) in [5.41, 5.74) is 0.351. The standard InChI is InChI=1S/C12H16N4O2/c1-2-18-10-3-8(4-10)5-11(17)15-12-9(6-13)7-14-16-12/h7-8,10H,2-5H2,1H3,(H2,14,15,16,17). The highest BCUT2D eigenvalue weighted by molar-refractivity contribution is 5.91. The van der Waals surface area contributed by atoms with Crippen molar-refractivity contribution in [2.75, 3.05) is 11.9 Å². The number of rotatable bonds is 5. The average Bonchev–Trinajstić information content (AvgIpc) is 2.73. The molecule has 0 saturated heterocycles. The minimum atomic E-state index is -0.0873.